The second-order valence-electron chi connectivity index (χ2n) is 34.1. The predicted molar refractivity (Wildman–Crippen MR) is 458 cm³/mol. The van der Waals surface area contributed by atoms with Gasteiger partial charge in [0.2, 0.25) is 17.3 Å². The number of rotatable bonds is 18. The third-order valence-electron chi connectivity index (χ3n) is 26.9. The first-order valence-electron chi connectivity index (χ1n) is 44.2. The van der Waals surface area contributed by atoms with E-state index in [1.807, 2.05) is 75.9 Å². The van der Waals surface area contributed by atoms with Crippen molar-refractivity contribution in [3.05, 3.63) is 191 Å². The van der Waals surface area contributed by atoms with Crippen LogP contribution in [0.15, 0.2) is 137 Å². The summed E-state index contributed by atoms with van der Waals surface area (Å²) in [6, 6.07) is 40.1. The standard InChI is InChI=1S/C32H41N3O4.C30H37N3O4.C23H30ClN3O.C8H11NO3.CH4.Na.H2O/c1-2-38-32(37)30-19-17-26(39-30)16-18-28-31(36)35(29-13-9-8-12-27(29)33-28)25-20-23-14-15-24(21-25)34(23)22-10-6-4-3-5-7-11-22;34-29-26(16-14-24-15-17-28(37-24)30(35)36)31-25-10-6-7-11-27(25)33(29)23-18-21-12-13-22(19-23)32(21)20-8-4-2-1-3-5-9-20;24-22-23(28)27(21-11-7-6-10-20(21)25-22)19-14-17-12-13-18(15-19)26(17)16-8-4-2-1-3-5-9-16;1-2-11-8(10)7-4-3-6(5-9)12-7;;;/h8-9,12-13,17,19,22-25H,2-7,10-11,14-16,18,20-21H2,1H3;6-7,10-11,15,17,20-23H,1-5,8-9,12-14,16,18-19H2,(H,35,36);6-7,10-11,16-19H,1-5,8-9,12-15H2;3-4H,2,5,9H2,1H3;1H4;;1H2/q;;;;;+1;/p-1/t23-,24+,25?;21-,22+,23?;17-,18+,19?;;;;. The molecule has 0 radical (unpaired) electrons. The Morgan fingerprint density at radius 3 is 1.01 bits per heavy atom. The SMILES string of the molecule is C.CCOC(=O)c1ccc(CCc2nc3ccccc3n(C3C[C@H]4CC[C@@H](C3)N4C3CCCCCCC3)c2=O)o1.CCOC(=O)c1ccc(CN)o1.O=C(O)c1ccc(CCc2nc3ccccc3n(C3C[C@H]4CC[C@@H](C3)N4C3CCCCCCC3)c2=O)o1.O=c1c(Cl)nc2ccccc2n1C1C[C@H]2CC[C@@H](C1)N2C1CCCCCCC1.[Na+].[OH-]. The molecule has 12 heterocycles. The van der Waals surface area contributed by atoms with Crippen molar-refractivity contribution in [2.45, 2.75) is 338 Å². The topological polar surface area (TPSA) is 300 Å². The monoisotopic (exact) mass is 1660 g/mol. The van der Waals surface area contributed by atoms with Crippen molar-refractivity contribution in [1.82, 2.24) is 43.4 Å². The van der Waals surface area contributed by atoms with E-state index in [1.54, 1.807) is 44.2 Å². The summed E-state index contributed by atoms with van der Waals surface area (Å²) in [6.45, 7) is 4.45. The number of hydrogen-bond donors (Lipinski definition) is 2. The van der Waals surface area contributed by atoms with Crippen molar-refractivity contribution in [3.8, 4) is 0 Å². The zero-order chi connectivity index (χ0) is 80.2. The van der Waals surface area contributed by atoms with Crippen molar-refractivity contribution in [1.29, 1.82) is 0 Å². The average molecular weight is 1660 g/mol. The summed E-state index contributed by atoms with van der Waals surface area (Å²) in [5.41, 5.74) is 11.6. The van der Waals surface area contributed by atoms with E-state index in [-0.39, 0.29) is 99.7 Å². The minimum absolute atomic E-state index is 0. The van der Waals surface area contributed by atoms with E-state index in [4.69, 9.17) is 55.1 Å². The van der Waals surface area contributed by atoms with Gasteiger partial charge in [-0.1, -0.05) is 152 Å². The van der Waals surface area contributed by atoms with E-state index in [0.717, 1.165) is 83.7 Å². The molecule has 3 saturated carbocycles. The van der Waals surface area contributed by atoms with Gasteiger partial charge in [0.1, 0.15) is 28.7 Å². The van der Waals surface area contributed by atoms with E-state index < -0.39 is 17.9 Å². The molecule has 3 aliphatic carbocycles. The number of benzene rings is 3. The summed E-state index contributed by atoms with van der Waals surface area (Å²) in [5, 5.41) is 9.24. The van der Waals surface area contributed by atoms with Gasteiger partial charge in [-0.3, -0.25) is 29.1 Å². The second-order valence-corrected chi connectivity index (χ2v) is 34.5. The molecule has 6 aromatic heterocycles. The first-order chi connectivity index (χ1) is 56.7. The molecule has 9 fully saturated rings. The van der Waals surface area contributed by atoms with Gasteiger partial charge in [-0.25, -0.2) is 29.3 Å². The Morgan fingerprint density at radius 2 is 0.689 bits per heavy atom. The number of piperidine rings is 3. The quantitative estimate of drug-likeness (QED) is 0.0596. The molecule has 9 aliphatic rings. The third-order valence-corrected chi connectivity index (χ3v) is 27.2. The van der Waals surface area contributed by atoms with Crippen LogP contribution in [0.3, 0.4) is 0 Å². The first-order valence-corrected chi connectivity index (χ1v) is 44.6. The summed E-state index contributed by atoms with van der Waals surface area (Å²) in [5.74, 6) is 0.127. The number of para-hydroxylation sites is 6. The number of esters is 2. The molecular formula is C94H124ClN10NaO13. The molecule has 6 aliphatic heterocycles. The number of aryl methyl sites for hydroxylation is 4. The number of ether oxygens (including phenoxy) is 2. The van der Waals surface area contributed by atoms with Crippen LogP contribution in [0.25, 0.3) is 33.1 Å². The van der Waals surface area contributed by atoms with Crippen molar-refractivity contribution < 1.29 is 77.2 Å². The second kappa shape index (κ2) is 43.0. The van der Waals surface area contributed by atoms with Gasteiger partial charge < -0.3 is 52.7 Å². The van der Waals surface area contributed by atoms with Gasteiger partial charge in [0, 0.05) is 98.2 Å². The van der Waals surface area contributed by atoms with Crippen LogP contribution in [0, 0.1) is 0 Å². The molecule has 23 nitrogen and oxygen atoms in total. The molecule has 636 valence electrons. The Balaban J connectivity index is 0.000000153. The number of nitrogens with zero attached hydrogens (tertiary/aromatic N) is 9. The number of carbonyl (C=O) groups is 3. The Kier molecular flexibility index (Phi) is 32.7. The maximum absolute atomic E-state index is 14.0. The first kappa shape index (κ1) is 90.6. The van der Waals surface area contributed by atoms with Crippen LogP contribution in [0.4, 0.5) is 0 Å². The minimum atomic E-state index is -1.09. The molecule has 3 aromatic carbocycles. The van der Waals surface area contributed by atoms with Gasteiger partial charge in [-0.15, -0.1) is 0 Å². The van der Waals surface area contributed by atoms with E-state index in [0.29, 0.717) is 116 Å². The van der Waals surface area contributed by atoms with Crippen molar-refractivity contribution in [3.63, 3.8) is 0 Å². The summed E-state index contributed by atoms with van der Waals surface area (Å²) >= 11 is 6.23. The molecule has 0 spiro atoms. The molecule has 25 heteroatoms. The number of carboxylic acid groups (broad SMARTS) is 1. The number of aromatic nitrogens is 6. The molecule has 3 unspecified atom stereocenters. The van der Waals surface area contributed by atoms with E-state index in [9.17, 15) is 28.8 Å². The van der Waals surface area contributed by atoms with Gasteiger partial charge in [0.05, 0.1) is 52.9 Å². The summed E-state index contributed by atoms with van der Waals surface area (Å²) < 4.78 is 32.0. The van der Waals surface area contributed by atoms with Crippen LogP contribution in [-0.4, -0.2) is 139 Å². The molecule has 6 bridgehead atoms. The average Bonchev–Trinajstić information content (AvgIpc) is 1.73. The van der Waals surface area contributed by atoms with E-state index in [1.165, 1.54) is 179 Å². The maximum atomic E-state index is 14.0. The van der Waals surface area contributed by atoms with Gasteiger partial charge in [0.15, 0.2) is 5.15 Å². The van der Waals surface area contributed by atoms with E-state index >= 15 is 0 Å². The normalized spacial score (nSPS) is 23.8. The zero-order valence-corrected chi connectivity index (χ0v) is 72.2. The Labute approximate surface area is 726 Å². The Hall–Kier alpha value is -7.58. The number of hydrogen-bond acceptors (Lipinski definition) is 19. The third kappa shape index (κ3) is 21.2. The number of carbonyl (C=O) groups excluding carboxylic acids is 2. The molecular weight excluding hydrogens is 1540 g/mol. The van der Waals surface area contributed by atoms with Crippen molar-refractivity contribution in [2.75, 3.05) is 13.2 Å². The molecule has 119 heavy (non-hydrogen) atoms. The number of aromatic carboxylic acids is 1. The number of carboxylic acids is 1. The smallest absolute Gasteiger partial charge is 0.870 e. The fraction of sp³-hybridized carbons (Fsp3) is 0.585. The number of halogens is 1. The van der Waals surface area contributed by atoms with Gasteiger partial charge in [-0.05, 0) is 202 Å². The number of nitrogens with two attached hydrogens (primary N) is 1. The zero-order valence-electron chi connectivity index (χ0n) is 69.5. The summed E-state index contributed by atoms with van der Waals surface area (Å²) in [4.78, 5) is 97.4. The van der Waals surface area contributed by atoms with Crippen molar-refractivity contribution >= 4 is 62.6 Å². The molecule has 9 atom stereocenters. The molecule has 6 saturated heterocycles. The van der Waals surface area contributed by atoms with Gasteiger partial charge >= 0.3 is 47.5 Å². The van der Waals surface area contributed by atoms with Crippen LogP contribution in [0.2, 0.25) is 5.15 Å². The molecule has 18 rings (SSSR count). The number of fused-ring (bicyclic) bond motifs is 9. The summed E-state index contributed by atoms with van der Waals surface area (Å²) in [6.07, 6.45) is 44.4. The van der Waals surface area contributed by atoms with Crippen LogP contribution < -0.4 is 52.0 Å². The fourth-order valence-electron chi connectivity index (χ4n) is 21.9. The Bertz CT molecular complexity index is 4970. The minimum Gasteiger partial charge on any atom is -0.870 e. The predicted octanol–water partition coefficient (Wildman–Crippen LogP) is 15.7. The fourth-order valence-corrected chi connectivity index (χ4v) is 22.0. The van der Waals surface area contributed by atoms with Crippen LogP contribution in [0.5, 0.6) is 0 Å². The molecule has 9 aromatic rings. The van der Waals surface area contributed by atoms with Crippen molar-refractivity contribution in [2.24, 2.45) is 5.73 Å². The van der Waals surface area contributed by atoms with Crippen LogP contribution >= 0.6 is 11.6 Å². The largest absolute Gasteiger partial charge is 1.00 e. The molecule has 0 amide bonds. The number of furan rings is 3. The van der Waals surface area contributed by atoms with Gasteiger partial charge in [-0.2, -0.15) is 0 Å². The van der Waals surface area contributed by atoms with Crippen LogP contribution in [-0.2, 0) is 41.7 Å². The maximum Gasteiger partial charge on any atom is 1.00 e. The van der Waals surface area contributed by atoms with Gasteiger partial charge in [0.25, 0.3) is 16.7 Å². The van der Waals surface area contributed by atoms with Crippen LogP contribution in [0.1, 0.15) is 312 Å². The molecule has 4 N–H and O–H groups in total. The Morgan fingerprint density at radius 1 is 0.395 bits per heavy atom. The summed E-state index contributed by atoms with van der Waals surface area (Å²) in [7, 11) is 0. The van der Waals surface area contributed by atoms with E-state index in [2.05, 4.69) is 30.3 Å².